The lowest BCUT2D eigenvalue weighted by molar-refractivity contribution is 0.0330. The molecule has 1 atom stereocenters. The van der Waals surface area contributed by atoms with Crippen molar-refractivity contribution < 1.29 is 19.1 Å². The molecular formula is C18H22N2O4. The molecule has 0 saturated heterocycles. The molecule has 2 aromatic rings. The summed E-state index contributed by atoms with van der Waals surface area (Å²) < 4.78 is 5.17. The summed E-state index contributed by atoms with van der Waals surface area (Å²) in [5, 5.41) is 15.8. The molecule has 2 rings (SSSR count). The summed E-state index contributed by atoms with van der Waals surface area (Å²) in [6, 6.07) is 9.77. The summed E-state index contributed by atoms with van der Waals surface area (Å²) in [7, 11) is 0. The third-order valence-electron chi connectivity index (χ3n) is 3.57. The van der Waals surface area contributed by atoms with E-state index in [1.165, 1.54) is 12.3 Å². The molecule has 0 fully saturated rings. The van der Waals surface area contributed by atoms with Crippen molar-refractivity contribution in [1.82, 2.24) is 10.6 Å². The molecule has 0 saturated carbocycles. The van der Waals surface area contributed by atoms with Crippen molar-refractivity contribution in [1.29, 1.82) is 0 Å². The predicted octanol–water partition coefficient (Wildman–Crippen LogP) is 2.06. The summed E-state index contributed by atoms with van der Waals surface area (Å²) in [6.07, 6.45) is 2.30. The third-order valence-corrected chi connectivity index (χ3v) is 3.57. The fraction of sp³-hybridized carbons (Fsp3) is 0.333. The summed E-state index contributed by atoms with van der Waals surface area (Å²) in [5.41, 5.74) is -0.529. The zero-order valence-corrected chi connectivity index (χ0v) is 13.8. The Balaban J connectivity index is 2.01. The molecule has 0 spiro atoms. The minimum atomic E-state index is -1.31. The van der Waals surface area contributed by atoms with E-state index in [-0.39, 0.29) is 18.4 Å². The highest BCUT2D eigenvalue weighted by Gasteiger charge is 2.27. The fourth-order valence-electron chi connectivity index (χ4n) is 2.17. The van der Waals surface area contributed by atoms with Crippen LogP contribution in [0.15, 0.2) is 47.1 Å². The maximum absolute atomic E-state index is 12.3. The Kier molecular flexibility index (Phi) is 5.76. The largest absolute Gasteiger partial charge is 0.466 e. The van der Waals surface area contributed by atoms with Gasteiger partial charge >= 0.3 is 0 Å². The predicted molar refractivity (Wildman–Crippen MR) is 89.7 cm³/mol. The van der Waals surface area contributed by atoms with Crippen LogP contribution in [-0.4, -0.2) is 30.0 Å². The summed E-state index contributed by atoms with van der Waals surface area (Å²) in [5.74, 6) is -0.212. The van der Waals surface area contributed by atoms with Crippen LogP contribution < -0.4 is 10.6 Å². The van der Waals surface area contributed by atoms with Crippen LogP contribution in [0.25, 0.3) is 0 Å². The van der Waals surface area contributed by atoms with Crippen LogP contribution in [0.3, 0.4) is 0 Å². The number of carbonyl (C=O) groups is 2. The molecule has 3 N–H and O–H groups in total. The number of hydrogen-bond acceptors (Lipinski definition) is 4. The Bertz CT molecular complexity index is 693. The second kappa shape index (κ2) is 7.79. The molecule has 6 nitrogen and oxygen atoms in total. The number of rotatable bonds is 7. The van der Waals surface area contributed by atoms with Crippen LogP contribution in [0.4, 0.5) is 0 Å². The van der Waals surface area contributed by atoms with Crippen LogP contribution >= 0.6 is 0 Å². The second-order valence-electron chi connectivity index (χ2n) is 5.77. The normalized spacial score (nSPS) is 13.1. The van der Waals surface area contributed by atoms with Crippen molar-refractivity contribution in [3.8, 4) is 0 Å². The van der Waals surface area contributed by atoms with Gasteiger partial charge in [0.05, 0.1) is 12.8 Å². The van der Waals surface area contributed by atoms with E-state index >= 15 is 0 Å². The third kappa shape index (κ3) is 4.45. The van der Waals surface area contributed by atoms with E-state index < -0.39 is 5.60 Å². The van der Waals surface area contributed by atoms with Gasteiger partial charge in [0.1, 0.15) is 11.4 Å². The summed E-state index contributed by atoms with van der Waals surface area (Å²) in [6.45, 7) is 4.10. The molecule has 128 valence electrons. The van der Waals surface area contributed by atoms with Crippen molar-refractivity contribution in [3.63, 3.8) is 0 Å². The second-order valence-corrected chi connectivity index (χ2v) is 5.77. The molecule has 2 amide bonds. The molecular weight excluding hydrogens is 308 g/mol. The first-order chi connectivity index (χ1) is 11.4. The molecule has 24 heavy (non-hydrogen) atoms. The van der Waals surface area contributed by atoms with Gasteiger partial charge < -0.3 is 20.2 Å². The summed E-state index contributed by atoms with van der Waals surface area (Å²) in [4.78, 5) is 24.2. The Hall–Kier alpha value is -2.60. The van der Waals surface area contributed by atoms with Crippen molar-refractivity contribution in [3.05, 3.63) is 59.5 Å². The van der Waals surface area contributed by atoms with Crippen LogP contribution in [-0.2, 0) is 5.60 Å². The van der Waals surface area contributed by atoms with E-state index in [4.69, 9.17) is 4.42 Å². The molecule has 0 aliphatic heterocycles. The lowest BCUT2D eigenvalue weighted by atomic mass is 10.0. The van der Waals surface area contributed by atoms with Crippen LogP contribution in [0.5, 0.6) is 0 Å². The maximum Gasteiger partial charge on any atom is 0.251 e. The molecule has 0 bridgehead atoms. The standard InChI is InChI=1S/C18H22N2O4/c1-3-9-19-16(21)13-6-4-7-14(11-13)17(22)20-12-18(2,23)15-8-5-10-24-15/h4-8,10-11,23H,3,9,12H2,1-2H3,(H,19,21)(H,20,22). The number of amides is 2. The van der Waals surface area contributed by atoms with Gasteiger partial charge in [-0.05, 0) is 43.7 Å². The number of furan rings is 1. The van der Waals surface area contributed by atoms with Crippen molar-refractivity contribution >= 4 is 11.8 Å². The van der Waals surface area contributed by atoms with Crippen molar-refractivity contribution in [2.24, 2.45) is 0 Å². The maximum atomic E-state index is 12.3. The van der Waals surface area contributed by atoms with Gasteiger partial charge in [-0.15, -0.1) is 0 Å². The lowest BCUT2D eigenvalue weighted by Crippen LogP contribution is -2.38. The van der Waals surface area contributed by atoms with Crippen molar-refractivity contribution in [2.45, 2.75) is 25.9 Å². The molecule has 1 unspecified atom stereocenters. The van der Waals surface area contributed by atoms with E-state index in [2.05, 4.69) is 10.6 Å². The van der Waals surface area contributed by atoms with Crippen LogP contribution in [0.1, 0.15) is 46.7 Å². The monoisotopic (exact) mass is 330 g/mol. The molecule has 1 aromatic carbocycles. The Morgan fingerprint density at radius 1 is 1.12 bits per heavy atom. The van der Waals surface area contributed by atoms with Gasteiger partial charge in [-0.1, -0.05) is 13.0 Å². The van der Waals surface area contributed by atoms with E-state index in [9.17, 15) is 14.7 Å². The molecule has 1 aromatic heterocycles. The molecule has 0 aliphatic carbocycles. The van der Waals surface area contributed by atoms with Gasteiger partial charge in [0.15, 0.2) is 0 Å². The highest BCUT2D eigenvalue weighted by Crippen LogP contribution is 2.20. The number of aliphatic hydroxyl groups is 1. The molecule has 6 heteroatoms. The van der Waals surface area contributed by atoms with E-state index in [0.717, 1.165) is 6.42 Å². The fourth-order valence-corrected chi connectivity index (χ4v) is 2.17. The van der Waals surface area contributed by atoms with E-state index in [1.54, 1.807) is 37.3 Å². The minimum absolute atomic E-state index is 0.00833. The van der Waals surface area contributed by atoms with Gasteiger partial charge in [-0.25, -0.2) is 0 Å². The Labute approximate surface area is 140 Å². The first kappa shape index (κ1) is 17.7. The van der Waals surface area contributed by atoms with E-state index in [0.29, 0.717) is 23.4 Å². The van der Waals surface area contributed by atoms with Crippen LogP contribution in [0, 0.1) is 0 Å². The number of hydrogen-bond donors (Lipinski definition) is 3. The number of nitrogens with one attached hydrogen (secondary N) is 2. The smallest absolute Gasteiger partial charge is 0.251 e. The van der Waals surface area contributed by atoms with Crippen LogP contribution in [0.2, 0.25) is 0 Å². The molecule has 1 heterocycles. The summed E-state index contributed by atoms with van der Waals surface area (Å²) >= 11 is 0. The number of carbonyl (C=O) groups excluding carboxylic acids is 2. The zero-order valence-electron chi connectivity index (χ0n) is 13.8. The first-order valence-corrected chi connectivity index (χ1v) is 7.87. The van der Waals surface area contributed by atoms with Gasteiger partial charge in [0.2, 0.25) is 0 Å². The first-order valence-electron chi connectivity index (χ1n) is 7.87. The minimum Gasteiger partial charge on any atom is -0.466 e. The number of benzene rings is 1. The van der Waals surface area contributed by atoms with E-state index in [1.807, 2.05) is 6.92 Å². The van der Waals surface area contributed by atoms with Gasteiger partial charge in [0, 0.05) is 17.7 Å². The average molecular weight is 330 g/mol. The highest BCUT2D eigenvalue weighted by molar-refractivity contribution is 5.99. The Morgan fingerprint density at radius 3 is 2.38 bits per heavy atom. The Morgan fingerprint density at radius 2 is 1.79 bits per heavy atom. The van der Waals surface area contributed by atoms with Gasteiger partial charge in [-0.3, -0.25) is 9.59 Å². The quantitative estimate of drug-likeness (QED) is 0.724. The highest BCUT2D eigenvalue weighted by atomic mass is 16.4. The van der Waals surface area contributed by atoms with Gasteiger partial charge in [-0.2, -0.15) is 0 Å². The van der Waals surface area contributed by atoms with Crippen molar-refractivity contribution in [2.75, 3.05) is 13.1 Å². The lowest BCUT2D eigenvalue weighted by Gasteiger charge is -2.21. The molecule has 0 radical (unpaired) electrons. The molecule has 0 aliphatic rings. The SMILES string of the molecule is CCCNC(=O)c1cccc(C(=O)NCC(C)(O)c2ccco2)c1. The van der Waals surface area contributed by atoms with Gasteiger partial charge in [0.25, 0.3) is 11.8 Å². The zero-order chi connectivity index (χ0) is 17.6. The average Bonchev–Trinajstić information content (AvgIpc) is 3.13. The topological polar surface area (TPSA) is 91.6 Å².